The van der Waals surface area contributed by atoms with Crippen LogP contribution in [0.3, 0.4) is 0 Å². The monoisotopic (exact) mass is 230 g/mol. The van der Waals surface area contributed by atoms with Crippen LogP contribution in [0.5, 0.6) is 0 Å². The maximum absolute atomic E-state index is 11.6. The molecule has 1 aromatic rings. The number of hydrogen-bond acceptors (Lipinski definition) is 4. The predicted octanol–water partition coefficient (Wildman–Crippen LogP) is 2.42. The second kappa shape index (κ2) is 4.13. The normalized spacial score (nSPS) is 18.2. The molecule has 0 bridgehead atoms. The van der Waals surface area contributed by atoms with E-state index in [1.54, 1.807) is 12.3 Å². The Kier molecular flexibility index (Phi) is 2.79. The summed E-state index contributed by atoms with van der Waals surface area (Å²) in [5.41, 5.74) is 0.724. The Hall–Kier alpha value is -1.97. The first kappa shape index (κ1) is 11.5. The summed E-state index contributed by atoms with van der Waals surface area (Å²) < 4.78 is 5.13. The molecule has 1 aliphatic rings. The summed E-state index contributed by atoms with van der Waals surface area (Å²) in [6.07, 6.45) is 3.29. The lowest BCUT2D eigenvalue weighted by atomic mass is 9.97. The Labute approximate surface area is 100 Å². The molecule has 88 valence electrons. The summed E-state index contributed by atoms with van der Waals surface area (Å²) in [5, 5.41) is 0. The Bertz CT molecular complexity index is 496. The van der Waals surface area contributed by atoms with Gasteiger partial charge >= 0.3 is 5.97 Å². The smallest absolute Gasteiger partial charge is 0.363 e. The number of cyclic esters (lactones) is 1. The molecule has 0 aliphatic carbocycles. The van der Waals surface area contributed by atoms with Crippen LogP contribution < -0.4 is 0 Å². The van der Waals surface area contributed by atoms with Gasteiger partial charge in [-0.15, -0.1) is 0 Å². The Morgan fingerprint density at radius 1 is 1.29 bits per heavy atom. The number of aromatic nitrogens is 1. The van der Waals surface area contributed by atoms with Crippen molar-refractivity contribution < 1.29 is 9.53 Å². The first-order valence-electron chi connectivity index (χ1n) is 5.41. The van der Waals surface area contributed by atoms with Crippen LogP contribution in [0, 0.1) is 5.41 Å². The van der Waals surface area contributed by atoms with Crippen LogP contribution in [0.2, 0.25) is 0 Å². The summed E-state index contributed by atoms with van der Waals surface area (Å²) in [7, 11) is 0. The second-order valence-corrected chi connectivity index (χ2v) is 4.84. The van der Waals surface area contributed by atoms with Gasteiger partial charge in [0.05, 0.1) is 5.69 Å². The molecule has 4 heteroatoms. The Balaban J connectivity index is 2.32. The SMILES string of the molecule is CC(C)(C)C1=N/C(=C/c2ccccn2)C(=O)O1. The van der Waals surface area contributed by atoms with Crippen molar-refractivity contribution in [3.8, 4) is 0 Å². The molecule has 1 aromatic heterocycles. The average Bonchev–Trinajstić information content (AvgIpc) is 2.62. The summed E-state index contributed by atoms with van der Waals surface area (Å²) in [6, 6.07) is 5.48. The highest BCUT2D eigenvalue weighted by molar-refractivity contribution is 6.08. The molecule has 2 rings (SSSR count). The molecule has 0 radical (unpaired) electrons. The molecule has 2 heterocycles. The number of hydrogen-bond donors (Lipinski definition) is 0. The lowest BCUT2D eigenvalue weighted by Gasteiger charge is -2.15. The number of rotatable bonds is 1. The third-order valence-corrected chi connectivity index (χ3v) is 2.23. The number of aliphatic imine (C=N–C) groups is 1. The van der Waals surface area contributed by atoms with Crippen molar-refractivity contribution in [2.45, 2.75) is 20.8 Å². The van der Waals surface area contributed by atoms with Crippen molar-refractivity contribution in [3.63, 3.8) is 0 Å². The molecule has 4 nitrogen and oxygen atoms in total. The van der Waals surface area contributed by atoms with Gasteiger partial charge in [-0.1, -0.05) is 26.8 Å². The van der Waals surface area contributed by atoms with E-state index in [4.69, 9.17) is 4.74 Å². The molecular weight excluding hydrogens is 216 g/mol. The maximum atomic E-state index is 11.6. The van der Waals surface area contributed by atoms with Gasteiger partial charge in [-0.2, -0.15) is 0 Å². The van der Waals surface area contributed by atoms with Gasteiger partial charge in [-0.05, 0) is 18.2 Å². The molecule has 0 N–H and O–H groups in total. The van der Waals surface area contributed by atoms with Crippen LogP contribution >= 0.6 is 0 Å². The van der Waals surface area contributed by atoms with E-state index in [1.807, 2.05) is 39.0 Å². The van der Waals surface area contributed by atoms with Crippen molar-refractivity contribution in [1.29, 1.82) is 0 Å². The van der Waals surface area contributed by atoms with Crippen molar-refractivity contribution in [2.75, 3.05) is 0 Å². The van der Waals surface area contributed by atoms with Crippen LogP contribution in [-0.4, -0.2) is 16.9 Å². The minimum absolute atomic E-state index is 0.268. The largest absolute Gasteiger partial charge is 0.406 e. The lowest BCUT2D eigenvalue weighted by molar-refractivity contribution is -0.130. The van der Waals surface area contributed by atoms with E-state index in [2.05, 4.69) is 9.98 Å². The fourth-order valence-electron chi connectivity index (χ4n) is 1.33. The van der Waals surface area contributed by atoms with Gasteiger partial charge < -0.3 is 4.74 Å². The number of esters is 1. The molecule has 0 atom stereocenters. The molecule has 0 amide bonds. The molecule has 0 unspecified atom stereocenters. The summed E-state index contributed by atoms with van der Waals surface area (Å²) in [4.78, 5) is 19.9. The topological polar surface area (TPSA) is 51.5 Å². The molecule has 0 aromatic carbocycles. The van der Waals surface area contributed by atoms with Gasteiger partial charge in [0.25, 0.3) is 0 Å². The predicted molar refractivity (Wildman–Crippen MR) is 65.2 cm³/mol. The van der Waals surface area contributed by atoms with Gasteiger partial charge in [0.2, 0.25) is 5.90 Å². The molecule has 0 saturated carbocycles. The zero-order valence-corrected chi connectivity index (χ0v) is 10.1. The van der Waals surface area contributed by atoms with Gasteiger partial charge in [0.15, 0.2) is 5.70 Å². The van der Waals surface area contributed by atoms with Crippen molar-refractivity contribution >= 4 is 17.9 Å². The molecule has 0 spiro atoms. The third kappa shape index (κ3) is 2.58. The zero-order chi connectivity index (χ0) is 12.5. The van der Waals surface area contributed by atoms with Gasteiger partial charge in [0.1, 0.15) is 0 Å². The fraction of sp³-hybridized carbons (Fsp3) is 0.308. The third-order valence-electron chi connectivity index (χ3n) is 2.23. The molecule has 17 heavy (non-hydrogen) atoms. The summed E-state index contributed by atoms with van der Waals surface area (Å²) in [6.45, 7) is 5.84. The highest BCUT2D eigenvalue weighted by Gasteiger charge is 2.31. The van der Waals surface area contributed by atoms with Crippen molar-refractivity contribution in [2.24, 2.45) is 10.4 Å². The van der Waals surface area contributed by atoms with E-state index in [0.717, 1.165) is 0 Å². The highest BCUT2D eigenvalue weighted by Crippen LogP contribution is 2.25. The second-order valence-electron chi connectivity index (χ2n) is 4.84. The summed E-state index contributed by atoms with van der Waals surface area (Å²) >= 11 is 0. The van der Waals surface area contributed by atoms with Crippen LogP contribution in [-0.2, 0) is 9.53 Å². The van der Waals surface area contributed by atoms with Crippen LogP contribution in [0.25, 0.3) is 6.08 Å². The van der Waals surface area contributed by atoms with Crippen molar-refractivity contribution in [1.82, 2.24) is 4.98 Å². The summed E-state index contributed by atoms with van der Waals surface area (Å²) in [5.74, 6) is 0.0326. The fourth-order valence-corrected chi connectivity index (χ4v) is 1.33. The van der Waals surface area contributed by atoms with Crippen molar-refractivity contribution in [3.05, 3.63) is 35.8 Å². The van der Waals surface area contributed by atoms with E-state index in [9.17, 15) is 4.79 Å². The zero-order valence-electron chi connectivity index (χ0n) is 10.1. The minimum Gasteiger partial charge on any atom is -0.406 e. The minimum atomic E-state index is -0.416. The van der Waals surface area contributed by atoms with Gasteiger partial charge in [0, 0.05) is 11.6 Å². The van der Waals surface area contributed by atoms with Crippen LogP contribution in [0.1, 0.15) is 26.5 Å². The van der Waals surface area contributed by atoms with E-state index < -0.39 is 5.97 Å². The number of pyridine rings is 1. The molecule has 0 saturated heterocycles. The van der Waals surface area contributed by atoms with E-state index in [0.29, 0.717) is 17.3 Å². The standard InChI is InChI=1S/C13H14N2O2/c1-13(2,3)12-15-10(11(16)17-12)8-9-6-4-5-7-14-9/h4-8H,1-3H3/b10-8+. The van der Waals surface area contributed by atoms with Crippen LogP contribution in [0.4, 0.5) is 0 Å². The van der Waals surface area contributed by atoms with E-state index in [-0.39, 0.29) is 5.41 Å². The number of carbonyl (C=O) groups is 1. The molecule has 0 fully saturated rings. The van der Waals surface area contributed by atoms with Crippen LogP contribution in [0.15, 0.2) is 35.1 Å². The molecule has 1 aliphatic heterocycles. The van der Waals surface area contributed by atoms with E-state index in [1.165, 1.54) is 0 Å². The Morgan fingerprint density at radius 2 is 2.06 bits per heavy atom. The van der Waals surface area contributed by atoms with E-state index >= 15 is 0 Å². The lowest BCUT2D eigenvalue weighted by Crippen LogP contribution is -2.21. The number of ether oxygens (including phenoxy) is 1. The average molecular weight is 230 g/mol. The maximum Gasteiger partial charge on any atom is 0.363 e. The quantitative estimate of drug-likeness (QED) is 0.550. The first-order valence-corrected chi connectivity index (χ1v) is 5.41. The number of carbonyl (C=O) groups excluding carboxylic acids is 1. The number of nitrogens with zero attached hydrogens (tertiary/aromatic N) is 2. The van der Waals surface area contributed by atoms with Gasteiger partial charge in [-0.3, -0.25) is 4.98 Å². The Morgan fingerprint density at radius 3 is 2.59 bits per heavy atom. The highest BCUT2D eigenvalue weighted by atomic mass is 16.6. The first-order chi connectivity index (χ1) is 7.97. The van der Waals surface area contributed by atoms with Gasteiger partial charge in [-0.25, -0.2) is 9.79 Å². The molecular formula is C13H14N2O2.